The molecule has 128 valence electrons. The fraction of sp³-hybridized carbons (Fsp3) is 0.538. The third-order valence-corrected chi connectivity index (χ3v) is 3.13. The van der Waals surface area contributed by atoms with Crippen LogP contribution in [0.3, 0.4) is 0 Å². The molecular weight excluding hydrogens is 344 g/mol. The van der Waals surface area contributed by atoms with Gasteiger partial charge in [0.2, 0.25) is 0 Å². The van der Waals surface area contributed by atoms with Gasteiger partial charge < -0.3 is 20.9 Å². The topological polar surface area (TPSA) is 70.5 Å². The standard InChI is InChI=1S/C13H17F3N2O2.2ClH/c14-13(15,16)10-5-8(17)6-11(18)12(10)20-7-9-3-1-2-4-19-9;;/h5-6,9H,1-4,7,17-18H2;2*1H. The van der Waals surface area contributed by atoms with Crippen molar-refractivity contribution in [2.45, 2.75) is 31.5 Å². The second-order valence-electron chi connectivity index (χ2n) is 4.78. The number of hydrogen-bond donors (Lipinski definition) is 2. The van der Waals surface area contributed by atoms with Crippen molar-refractivity contribution in [2.24, 2.45) is 0 Å². The van der Waals surface area contributed by atoms with Crippen LogP contribution in [0, 0.1) is 0 Å². The maximum atomic E-state index is 13.0. The van der Waals surface area contributed by atoms with Gasteiger partial charge in [-0.1, -0.05) is 0 Å². The Bertz CT molecular complexity index is 481. The van der Waals surface area contributed by atoms with E-state index in [4.69, 9.17) is 20.9 Å². The average molecular weight is 363 g/mol. The molecule has 4 nitrogen and oxygen atoms in total. The Hall–Kier alpha value is -1.05. The second kappa shape index (κ2) is 8.55. The molecule has 22 heavy (non-hydrogen) atoms. The molecule has 1 aromatic carbocycles. The van der Waals surface area contributed by atoms with Crippen molar-refractivity contribution in [1.29, 1.82) is 0 Å². The first-order valence-electron chi connectivity index (χ1n) is 6.38. The van der Waals surface area contributed by atoms with Crippen LogP contribution in [-0.4, -0.2) is 19.3 Å². The summed E-state index contributed by atoms with van der Waals surface area (Å²) in [6.07, 6.45) is -2.03. The van der Waals surface area contributed by atoms with Crippen molar-refractivity contribution < 1.29 is 22.6 Å². The number of anilines is 2. The first-order valence-corrected chi connectivity index (χ1v) is 6.38. The van der Waals surface area contributed by atoms with E-state index in [-0.39, 0.29) is 54.6 Å². The van der Waals surface area contributed by atoms with Gasteiger partial charge in [0.15, 0.2) is 5.75 Å². The molecule has 1 saturated heterocycles. The predicted molar refractivity (Wildman–Crippen MR) is 83.9 cm³/mol. The quantitative estimate of drug-likeness (QED) is 0.804. The van der Waals surface area contributed by atoms with Gasteiger partial charge in [-0.05, 0) is 31.4 Å². The van der Waals surface area contributed by atoms with Crippen LogP contribution >= 0.6 is 24.8 Å². The summed E-state index contributed by atoms with van der Waals surface area (Å²) < 4.78 is 49.5. The lowest BCUT2D eigenvalue weighted by molar-refractivity contribution is -0.139. The van der Waals surface area contributed by atoms with Crippen molar-refractivity contribution in [3.63, 3.8) is 0 Å². The van der Waals surface area contributed by atoms with Crippen molar-refractivity contribution >= 4 is 36.2 Å². The van der Waals surface area contributed by atoms with Crippen molar-refractivity contribution in [2.75, 3.05) is 24.7 Å². The van der Waals surface area contributed by atoms with Crippen LogP contribution < -0.4 is 16.2 Å². The number of ether oxygens (including phenoxy) is 2. The largest absolute Gasteiger partial charge is 0.488 e. The molecule has 2 rings (SSSR count). The van der Waals surface area contributed by atoms with E-state index in [9.17, 15) is 13.2 Å². The summed E-state index contributed by atoms with van der Waals surface area (Å²) in [4.78, 5) is 0. The Balaban J connectivity index is 0.00000220. The highest BCUT2D eigenvalue weighted by Crippen LogP contribution is 2.41. The zero-order chi connectivity index (χ0) is 14.8. The summed E-state index contributed by atoms with van der Waals surface area (Å²) in [6, 6.07) is 2.08. The van der Waals surface area contributed by atoms with E-state index in [1.54, 1.807) is 0 Å². The molecule has 1 aliphatic heterocycles. The van der Waals surface area contributed by atoms with E-state index in [1.165, 1.54) is 6.07 Å². The highest BCUT2D eigenvalue weighted by atomic mass is 35.5. The Morgan fingerprint density at radius 1 is 1.18 bits per heavy atom. The third-order valence-electron chi connectivity index (χ3n) is 3.13. The molecule has 4 N–H and O–H groups in total. The zero-order valence-electron chi connectivity index (χ0n) is 11.7. The van der Waals surface area contributed by atoms with Crippen molar-refractivity contribution in [1.82, 2.24) is 0 Å². The number of benzene rings is 1. The molecule has 0 aliphatic carbocycles. The van der Waals surface area contributed by atoms with Crippen molar-refractivity contribution in [3.8, 4) is 5.75 Å². The highest BCUT2D eigenvalue weighted by Gasteiger charge is 2.36. The summed E-state index contributed by atoms with van der Waals surface area (Å²) in [5.74, 6) is -0.374. The number of nitrogen functional groups attached to an aromatic ring is 2. The molecule has 0 aromatic heterocycles. The van der Waals surface area contributed by atoms with Gasteiger partial charge in [-0.25, -0.2) is 0 Å². The molecule has 1 aromatic rings. The summed E-state index contributed by atoms with van der Waals surface area (Å²) in [5, 5.41) is 0. The maximum absolute atomic E-state index is 13.0. The van der Waals surface area contributed by atoms with E-state index in [0.29, 0.717) is 6.61 Å². The number of nitrogens with two attached hydrogens (primary N) is 2. The molecule has 0 saturated carbocycles. The summed E-state index contributed by atoms with van der Waals surface area (Å²) in [5.41, 5.74) is 9.88. The molecular formula is C13H19Cl2F3N2O2. The normalized spacial score (nSPS) is 18.0. The van der Waals surface area contributed by atoms with Crippen LogP contribution in [-0.2, 0) is 10.9 Å². The fourth-order valence-electron chi connectivity index (χ4n) is 2.16. The van der Waals surface area contributed by atoms with E-state index < -0.39 is 11.7 Å². The van der Waals surface area contributed by atoms with Crippen LogP contribution in [0.4, 0.5) is 24.5 Å². The smallest absolute Gasteiger partial charge is 0.420 e. The lowest BCUT2D eigenvalue weighted by atomic mass is 10.1. The van der Waals surface area contributed by atoms with Gasteiger partial charge in [-0.2, -0.15) is 13.2 Å². The van der Waals surface area contributed by atoms with Crippen LogP contribution in [0.15, 0.2) is 12.1 Å². The number of alkyl halides is 3. The highest BCUT2D eigenvalue weighted by molar-refractivity contribution is 5.85. The average Bonchev–Trinajstić information content (AvgIpc) is 2.37. The molecule has 1 atom stereocenters. The molecule has 9 heteroatoms. The molecule has 0 amide bonds. The zero-order valence-corrected chi connectivity index (χ0v) is 13.3. The van der Waals surface area contributed by atoms with E-state index >= 15 is 0 Å². The SMILES string of the molecule is Cl.Cl.Nc1cc(N)c(OCC2CCCCO2)c(C(F)(F)F)c1. The molecule has 0 spiro atoms. The summed E-state index contributed by atoms with van der Waals surface area (Å²) >= 11 is 0. The third kappa shape index (κ3) is 5.30. The maximum Gasteiger partial charge on any atom is 0.420 e. The van der Waals surface area contributed by atoms with E-state index in [2.05, 4.69) is 0 Å². The Morgan fingerprint density at radius 3 is 2.41 bits per heavy atom. The Morgan fingerprint density at radius 2 is 1.86 bits per heavy atom. The van der Waals surface area contributed by atoms with Crippen LogP contribution in [0.5, 0.6) is 5.75 Å². The monoisotopic (exact) mass is 362 g/mol. The van der Waals surface area contributed by atoms with Crippen molar-refractivity contribution in [3.05, 3.63) is 17.7 Å². The summed E-state index contributed by atoms with van der Waals surface area (Å²) in [7, 11) is 0. The summed E-state index contributed by atoms with van der Waals surface area (Å²) in [6.45, 7) is 0.661. The van der Waals surface area contributed by atoms with Gasteiger partial charge >= 0.3 is 6.18 Å². The van der Waals surface area contributed by atoms with Gasteiger partial charge in [0, 0.05) is 12.3 Å². The predicted octanol–water partition coefficient (Wildman–Crippen LogP) is 3.66. The molecule has 1 aliphatic rings. The molecule has 0 radical (unpaired) electrons. The van der Waals surface area contributed by atoms with Crippen LogP contribution in [0.2, 0.25) is 0 Å². The van der Waals surface area contributed by atoms with Gasteiger partial charge in [0.05, 0.1) is 11.8 Å². The van der Waals surface area contributed by atoms with E-state index in [0.717, 1.165) is 25.3 Å². The Labute approximate surface area is 139 Å². The second-order valence-corrected chi connectivity index (χ2v) is 4.78. The minimum atomic E-state index is -4.56. The van der Waals surface area contributed by atoms with Gasteiger partial charge in [0.25, 0.3) is 0 Å². The fourth-order valence-corrected chi connectivity index (χ4v) is 2.16. The van der Waals surface area contributed by atoms with Crippen LogP contribution in [0.25, 0.3) is 0 Å². The van der Waals surface area contributed by atoms with Gasteiger partial charge in [-0.3, -0.25) is 0 Å². The minimum Gasteiger partial charge on any atom is -0.488 e. The first-order chi connectivity index (χ1) is 9.38. The number of hydrogen-bond acceptors (Lipinski definition) is 4. The molecule has 0 bridgehead atoms. The number of rotatable bonds is 3. The Kier molecular flexibility index (Phi) is 8.14. The van der Waals surface area contributed by atoms with Gasteiger partial charge in [0.1, 0.15) is 12.2 Å². The molecule has 1 unspecified atom stereocenters. The first kappa shape index (κ1) is 20.9. The minimum absolute atomic E-state index is 0. The van der Waals surface area contributed by atoms with Crippen LogP contribution in [0.1, 0.15) is 24.8 Å². The molecule has 1 heterocycles. The lowest BCUT2D eigenvalue weighted by Crippen LogP contribution is -2.26. The lowest BCUT2D eigenvalue weighted by Gasteiger charge is -2.24. The number of halogens is 5. The molecule has 1 fully saturated rings. The van der Waals surface area contributed by atoms with Gasteiger partial charge in [-0.15, -0.1) is 24.8 Å². The van der Waals surface area contributed by atoms with E-state index in [1.807, 2.05) is 0 Å².